The van der Waals surface area contributed by atoms with Crippen molar-refractivity contribution in [2.75, 3.05) is 18.4 Å². The van der Waals surface area contributed by atoms with Crippen LogP contribution in [0.25, 0.3) is 0 Å². The van der Waals surface area contributed by atoms with Gasteiger partial charge in [-0.2, -0.15) is 4.31 Å². The molecule has 1 aromatic carbocycles. The van der Waals surface area contributed by atoms with E-state index < -0.39 is 10.0 Å². The van der Waals surface area contributed by atoms with Crippen LogP contribution in [0.2, 0.25) is 0 Å². The quantitative estimate of drug-likeness (QED) is 0.657. The summed E-state index contributed by atoms with van der Waals surface area (Å²) in [5.74, 6) is -0.493. The van der Waals surface area contributed by atoms with Gasteiger partial charge >= 0.3 is 0 Å². The number of nitrogens with zero attached hydrogens (tertiary/aromatic N) is 3. The Balaban J connectivity index is 1.49. The Morgan fingerprint density at radius 2 is 1.81 bits per heavy atom. The molecule has 32 heavy (non-hydrogen) atoms. The van der Waals surface area contributed by atoms with Crippen LogP contribution in [-0.2, 0) is 16.6 Å². The zero-order valence-corrected chi connectivity index (χ0v) is 18.0. The maximum Gasteiger partial charge on any atom is 0.257 e. The average molecular weight is 451 g/mol. The number of nitrogens with one attached hydrogen (secondary N) is 1. The predicted molar refractivity (Wildman–Crippen MR) is 119 cm³/mol. The molecule has 0 radical (unpaired) electrons. The summed E-state index contributed by atoms with van der Waals surface area (Å²) in [5.41, 5.74) is 1.47. The second-order valence-electron chi connectivity index (χ2n) is 8.21. The van der Waals surface area contributed by atoms with Crippen molar-refractivity contribution in [1.29, 1.82) is 0 Å². The molecule has 2 aliphatic rings. The standard InChI is InChI=1S/C23H22N4O4S/c28-21-9-8-20(25-23(29)17-5-4-10-24-12-17)22-18-11-16(14-27(21)22)13-26(15-18)32(30,31)19-6-2-1-3-7-19/h1-10,12,16,18H,11,13-15H2,(H,25,29)/t16-,18-/m1/s1. The van der Waals surface area contributed by atoms with Crippen LogP contribution in [0.5, 0.6) is 0 Å². The van der Waals surface area contributed by atoms with E-state index in [9.17, 15) is 18.0 Å². The van der Waals surface area contributed by atoms with Gasteiger partial charge in [0.15, 0.2) is 0 Å². The first kappa shape index (κ1) is 20.6. The number of anilines is 1. The van der Waals surface area contributed by atoms with E-state index in [0.29, 0.717) is 30.0 Å². The molecule has 0 aliphatic carbocycles. The molecule has 0 spiro atoms. The first-order valence-electron chi connectivity index (χ1n) is 10.4. The lowest BCUT2D eigenvalue weighted by Crippen LogP contribution is -2.49. The lowest BCUT2D eigenvalue weighted by atomic mass is 9.83. The Morgan fingerprint density at radius 1 is 1.00 bits per heavy atom. The first-order valence-corrected chi connectivity index (χ1v) is 11.9. The van der Waals surface area contributed by atoms with Crippen LogP contribution in [0, 0.1) is 5.92 Å². The number of pyridine rings is 2. The maximum atomic E-state index is 13.2. The van der Waals surface area contributed by atoms with Crippen LogP contribution < -0.4 is 10.9 Å². The largest absolute Gasteiger partial charge is 0.320 e. The van der Waals surface area contributed by atoms with Crippen molar-refractivity contribution in [3.05, 3.63) is 88.6 Å². The maximum absolute atomic E-state index is 13.2. The van der Waals surface area contributed by atoms with Crippen molar-refractivity contribution >= 4 is 21.6 Å². The Kier molecular flexibility index (Phi) is 5.15. The van der Waals surface area contributed by atoms with Crippen LogP contribution in [0.15, 0.2) is 76.7 Å². The lowest BCUT2D eigenvalue weighted by molar-refractivity contribution is 0.102. The lowest BCUT2D eigenvalue weighted by Gasteiger charge is -2.42. The SMILES string of the molecule is O=C(Nc1ccc(=O)n2c1[C@@H]1C[C@H](CN(S(=O)(=O)c3ccccc3)C1)C2)c1cccnc1. The minimum Gasteiger partial charge on any atom is -0.320 e. The van der Waals surface area contributed by atoms with Gasteiger partial charge in [-0.3, -0.25) is 14.6 Å². The van der Waals surface area contributed by atoms with E-state index >= 15 is 0 Å². The molecule has 1 saturated heterocycles. The third kappa shape index (κ3) is 3.63. The van der Waals surface area contributed by atoms with Crippen LogP contribution in [0.1, 0.15) is 28.4 Å². The molecular formula is C23H22N4O4S. The van der Waals surface area contributed by atoms with Gasteiger partial charge in [-0.05, 0) is 42.7 Å². The number of piperidine rings is 1. The number of aromatic nitrogens is 2. The predicted octanol–water partition coefficient (Wildman–Crippen LogP) is 2.30. The molecule has 2 bridgehead atoms. The molecule has 8 nitrogen and oxygen atoms in total. The van der Waals surface area contributed by atoms with Crippen molar-refractivity contribution in [3.63, 3.8) is 0 Å². The molecule has 5 rings (SSSR count). The first-order chi connectivity index (χ1) is 15.4. The van der Waals surface area contributed by atoms with Crippen LogP contribution in [0.3, 0.4) is 0 Å². The molecule has 9 heteroatoms. The summed E-state index contributed by atoms with van der Waals surface area (Å²) in [7, 11) is -3.65. The summed E-state index contributed by atoms with van der Waals surface area (Å²) >= 11 is 0. The van der Waals surface area contributed by atoms with Crippen LogP contribution in [0.4, 0.5) is 5.69 Å². The highest BCUT2D eigenvalue weighted by molar-refractivity contribution is 7.89. The Hall–Kier alpha value is -3.30. The zero-order chi connectivity index (χ0) is 22.3. The summed E-state index contributed by atoms with van der Waals surface area (Å²) in [6.07, 6.45) is 3.83. The number of amides is 1. The van der Waals surface area contributed by atoms with Gasteiger partial charge in [0, 0.05) is 49.7 Å². The van der Waals surface area contributed by atoms with Gasteiger partial charge in [0.2, 0.25) is 10.0 Å². The number of hydrogen-bond donors (Lipinski definition) is 1. The summed E-state index contributed by atoms with van der Waals surface area (Å²) < 4.78 is 29.6. The van der Waals surface area contributed by atoms with E-state index in [0.717, 1.165) is 6.42 Å². The molecule has 2 atom stereocenters. The third-order valence-electron chi connectivity index (χ3n) is 6.11. The average Bonchev–Trinajstić information content (AvgIpc) is 2.82. The second-order valence-corrected chi connectivity index (χ2v) is 10.1. The monoisotopic (exact) mass is 450 g/mol. The van der Waals surface area contributed by atoms with E-state index in [1.54, 1.807) is 59.3 Å². The van der Waals surface area contributed by atoms with Crippen molar-refractivity contribution in [3.8, 4) is 0 Å². The number of fused-ring (bicyclic) bond motifs is 4. The zero-order valence-electron chi connectivity index (χ0n) is 17.2. The van der Waals surface area contributed by atoms with E-state index in [-0.39, 0.29) is 34.7 Å². The number of benzene rings is 1. The Bertz CT molecular complexity index is 1320. The van der Waals surface area contributed by atoms with Gasteiger partial charge in [0.05, 0.1) is 16.1 Å². The van der Waals surface area contributed by atoms with E-state index in [4.69, 9.17) is 0 Å². The molecule has 2 aliphatic heterocycles. The molecule has 1 N–H and O–H groups in total. The van der Waals surface area contributed by atoms with Gasteiger partial charge in [-0.15, -0.1) is 0 Å². The fourth-order valence-electron chi connectivity index (χ4n) is 4.71. The molecule has 1 amide bonds. The Morgan fingerprint density at radius 3 is 2.56 bits per heavy atom. The fourth-order valence-corrected chi connectivity index (χ4v) is 6.29. The van der Waals surface area contributed by atoms with Gasteiger partial charge in [0.25, 0.3) is 11.5 Å². The minimum atomic E-state index is -3.65. The highest BCUT2D eigenvalue weighted by atomic mass is 32.2. The number of carbonyl (C=O) groups excluding carboxylic acids is 1. The second kappa shape index (κ2) is 7.99. The van der Waals surface area contributed by atoms with Gasteiger partial charge in [-0.25, -0.2) is 8.42 Å². The molecular weight excluding hydrogens is 428 g/mol. The van der Waals surface area contributed by atoms with Crippen molar-refractivity contribution < 1.29 is 13.2 Å². The molecule has 0 saturated carbocycles. The fraction of sp³-hybridized carbons (Fsp3) is 0.261. The van der Waals surface area contributed by atoms with Gasteiger partial charge in [-0.1, -0.05) is 18.2 Å². The summed E-state index contributed by atoms with van der Waals surface area (Å²) in [6, 6.07) is 14.8. The number of carbonyl (C=O) groups is 1. The molecule has 0 unspecified atom stereocenters. The van der Waals surface area contributed by atoms with Crippen molar-refractivity contribution in [2.24, 2.45) is 5.92 Å². The molecule has 4 heterocycles. The number of sulfonamides is 1. The normalized spacial score (nSPS) is 20.4. The van der Waals surface area contributed by atoms with E-state index in [1.165, 1.54) is 16.6 Å². The smallest absolute Gasteiger partial charge is 0.257 e. The van der Waals surface area contributed by atoms with Crippen molar-refractivity contribution in [1.82, 2.24) is 13.9 Å². The number of rotatable bonds is 4. The third-order valence-corrected chi connectivity index (χ3v) is 7.96. The summed E-state index contributed by atoms with van der Waals surface area (Å²) in [5, 5.41) is 2.90. The van der Waals surface area contributed by atoms with E-state index in [2.05, 4.69) is 10.3 Å². The van der Waals surface area contributed by atoms with Gasteiger partial charge in [0.1, 0.15) is 0 Å². The molecule has 3 aromatic rings. The number of hydrogen-bond acceptors (Lipinski definition) is 5. The topological polar surface area (TPSA) is 101 Å². The highest BCUT2D eigenvalue weighted by Gasteiger charge is 2.40. The molecule has 164 valence electrons. The highest BCUT2D eigenvalue weighted by Crippen LogP contribution is 2.40. The van der Waals surface area contributed by atoms with Crippen LogP contribution >= 0.6 is 0 Å². The molecule has 2 aromatic heterocycles. The Labute approximate surface area is 185 Å². The minimum absolute atomic E-state index is 0.0294. The van der Waals surface area contributed by atoms with Crippen LogP contribution in [-0.4, -0.2) is 41.3 Å². The molecule has 1 fully saturated rings. The van der Waals surface area contributed by atoms with Crippen molar-refractivity contribution in [2.45, 2.75) is 23.8 Å². The summed E-state index contributed by atoms with van der Waals surface area (Å²) in [6.45, 7) is 1.04. The van der Waals surface area contributed by atoms with Gasteiger partial charge < -0.3 is 9.88 Å². The van der Waals surface area contributed by atoms with E-state index in [1.807, 2.05) is 0 Å². The summed E-state index contributed by atoms with van der Waals surface area (Å²) in [4.78, 5) is 29.6.